The molecule has 0 saturated heterocycles. The Hall–Kier alpha value is -1.25. The van der Waals surface area contributed by atoms with Crippen molar-refractivity contribution in [3.8, 4) is 0 Å². The molecule has 17 heavy (non-hydrogen) atoms. The van der Waals surface area contributed by atoms with Gasteiger partial charge in [0.05, 0.1) is 16.9 Å². The summed E-state index contributed by atoms with van der Waals surface area (Å²) in [6.45, 7) is 2.74. The highest BCUT2D eigenvalue weighted by Gasteiger charge is 2.02. The van der Waals surface area contributed by atoms with E-state index in [2.05, 4.69) is 10.3 Å². The Kier molecular flexibility index (Phi) is 3.87. The molecule has 0 bridgehead atoms. The summed E-state index contributed by atoms with van der Waals surface area (Å²) in [5.41, 5.74) is 3.18. The molecule has 0 amide bonds. The molecule has 0 fully saturated rings. The minimum absolute atomic E-state index is 0.673. The number of anilines is 1. The van der Waals surface area contributed by atoms with Crippen LogP contribution in [0.5, 0.6) is 0 Å². The Labute approximate surface area is 111 Å². The molecule has 0 spiro atoms. The predicted molar refractivity (Wildman–Crippen MR) is 72.8 cm³/mol. The zero-order chi connectivity index (χ0) is 12.3. The van der Waals surface area contributed by atoms with E-state index in [0.29, 0.717) is 11.6 Å². The van der Waals surface area contributed by atoms with Crippen LogP contribution in [0.25, 0.3) is 0 Å². The molecule has 1 aromatic heterocycles. The number of rotatable bonds is 3. The number of hydrogen-bond acceptors (Lipinski definition) is 2. The minimum atomic E-state index is 0.673. The van der Waals surface area contributed by atoms with Crippen LogP contribution in [0.15, 0.2) is 36.7 Å². The maximum Gasteiger partial charge on any atom is 0.0718 e. The highest BCUT2D eigenvalue weighted by atomic mass is 35.5. The molecular formula is C13H12Cl2N2. The average molecular weight is 267 g/mol. The second kappa shape index (κ2) is 5.39. The average Bonchev–Trinajstić information content (AvgIpc) is 2.30. The first kappa shape index (κ1) is 12.2. The first-order valence-electron chi connectivity index (χ1n) is 5.25. The van der Waals surface area contributed by atoms with Crippen molar-refractivity contribution < 1.29 is 0 Å². The summed E-state index contributed by atoms with van der Waals surface area (Å²) in [6.07, 6.45) is 3.38. The third-order valence-corrected chi connectivity index (χ3v) is 3.11. The molecule has 88 valence electrons. The number of pyridine rings is 1. The van der Waals surface area contributed by atoms with Crippen LogP contribution in [0.3, 0.4) is 0 Å². The second-order valence-electron chi connectivity index (χ2n) is 3.78. The van der Waals surface area contributed by atoms with Gasteiger partial charge in [-0.25, -0.2) is 0 Å². The highest BCUT2D eigenvalue weighted by molar-refractivity contribution is 6.33. The number of nitrogens with zero attached hydrogens (tertiary/aromatic N) is 1. The first-order chi connectivity index (χ1) is 8.16. The summed E-state index contributed by atoms with van der Waals surface area (Å²) in [5, 5.41) is 4.68. The predicted octanol–water partition coefficient (Wildman–Crippen LogP) is 4.31. The van der Waals surface area contributed by atoms with Crippen LogP contribution in [0.1, 0.15) is 11.1 Å². The Morgan fingerprint density at radius 3 is 2.76 bits per heavy atom. The summed E-state index contributed by atoms with van der Waals surface area (Å²) in [5.74, 6) is 0. The van der Waals surface area contributed by atoms with Gasteiger partial charge in [-0.3, -0.25) is 4.98 Å². The van der Waals surface area contributed by atoms with E-state index in [1.54, 1.807) is 18.5 Å². The van der Waals surface area contributed by atoms with Crippen LogP contribution >= 0.6 is 23.2 Å². The van der Waals surface area contributed by atoms with E-state index in [-0.39, 0.29) is 0 Å². The van der Waals surface area contributed by atoms with Gasteiger partial charge < -0.3 is 5.32 Å². The zero-order valence-electron chi connectivity index (χ0n) is 9.37. The molecule has 1 aromatic carbocycles. The normalized spacial score (nSPS) is 10.3. The van der Waals surface area contributed by atoms with Crippen LogP contribution in [0.4, 0.5) is 5.69 Å². The summed E-state index contributed by atoms with van der Waals surface area (Å²) >= 11 is 11.9. The van der Waals surface area contributed by atoms with Crippen LogP contribution in [-0.4, -0.2) is 4.98 Å². The number of aryl methyl sites for hydroxylation is 1. The summed E-state index contributed by atoms with van der Waals surface area (Å²) in [7, 11) is 0. The number of hydrogen-bond donors (Lipinski definition) is 1. The van der Waals surface area contributed by atoms with Crippen molar-refractivity contribution in [2.45, 2.75) is 13.5 Å². The van der Waals surface area contributed by atoms with Crippen molar-refractivity contribution in [1.29, 1.82) is 0 Å². The Bertz CT molecular complexity index is 527. The quantitative estimate of drug-likeness (QED) is 0.896. The second-order valence-corrected chi connectivity index (χ2v) is 4.62. The van der Waals surface area contributed by atoms with Crippen molar-refractivity contribution in [1.82, 2.24) is 4.98 Å². The van der Waals surface area contributed by atoms with Crippen LogP contribution in [0.2, 0.25) is 10.0 Å². The lowest BCUT2D eigenvalue weighted by molar-refractivity contribution is 1.11. The van der Waals surface area contributed by atoms with Crippen LogP contribution in [0, 0.1) is 6.92 Å². The van der Waals surface area contributed by atoms with Crippen LogP contribution < -0.4 is 5.32 Å². The van der Waals surface area contributed by atoms with Gasteiger partial charge in [0.2, 0.25) is 0 Å². The third-order valence-electron chi connectivity index (χ3n) is 2.54. The SMILES string of the molecule is Cc1cc(Cl)ccc1CNc1cnccc1Cl. The molecule has 0 aliphatic carbocycles. The number of benzene rings is 1. The summed E-state index contributed by atoms with van der Waals surface area (Å²) in [6, 6.07) is 7.60. The maximum atomic E-state index is 6.03. The topological polar surface area (TPSA) is 24.9 Å². The molecule has 4 heteroatoms. The lowest BCUT2D eigenvalue weighted by atomic mass is 10.1. The van der Waals surface area contributed by atoms with Gasteiger partial charge in [-0.2, -0.15) is 0 Å². The molecule has 0 atom stereocenters. The highest BCUT2D eigenvalue weighted by Crippen LogP contribution is 2.21. The van der Waals surface area contributed by atoms with Gasteiger partial charge in [0.1, 0.15) is 0 Å². The van der Waals surface area contributed by atoms with Gasteiger partial charge in [-0.05, 0) is 36.2 Å². The molecule has 0 aliphatic heterocycles. The van der Waals surface area contributed by atoms with Crippen molar-refractivity contribution in [3.05, 3.63) is 57.8 Å². The van der Waals surface area contributed by atoms with Crippen molar-refractivity contribution >= 4 is 28.9 Å². The molecule has 1 heterocycles. The molecule has 1 N–H and O–H groups in total. The monoisotopic (exact) mass is 266 g/mol. The fraction of sp³-hybridized carbons (Fsp3) is 0.154. The van der Waals surface area contributed by atoms with Crippen molar-refractivity contribution in [2.24, 2.45) is 0 Å². The van der Waals surface area contributed by atoms with E-state index < -0.39 is 0 Å². The van der Waals surface area contributed by atoms with Gasteiger partial charge in [0, 0.05) is 17.8 Å². The molecule has 0 aliphatic rings. The van der Waals surface area contributed by atoms with E-state index in [4.69, 9.17) is 23.2 Å². The van der Waals surface area contributed by atoms with Gasteiger partial charge in [0.25, 0.3) is 0 Å². The third kappa shape index (κ3) is 3.11. The Morgan fingerprint density at radius 2 is 2.06 bits per heavy atom. The summed E-state index contributed by atoms with van der Waals surface area (Å²) in [4.78, 5) is 4.03. The smallest absolute Gasteiger partial charge is 0.0718 e. The molecule has 2 rings (SSSR count). The van der Waals surface area contributed by atoms with Crippen molar-refractivity contribution in [3.63, 3.8) is 0 Å². The molecule has 0 radical (unpaired) electrons. The number of halogens is 2. The molecule has 2 aromatic rings. The van der Waals surface area contributed by atoms with Gasteiger partial charge in [-0.15, -0.1) is 0 Å². The number of aromatic nitrogens is 1. The van der Waals surface area contributed by atoms with Crippen molar-refractivity contribution in [2.75, 3.05) is 5.32 Å². The summed E-state index contributed by atoms with van der Waals surface area (Å²) < 4.78 is 0. The van der Waals surface area contributed by atoms with E-state index in [1.165, 1.54) is 5.56 Å². The molecule has 0 unspecified atom stereocenters. The largest absolute Gasteiger partial charge is 0.379 e. The zero-order valence-corrected chi connectivity index (χ0v) is 10.9. The standard InChI is InChI=1S/C13H12Cl2N2/c1-9-6-11(14)3-2-10(9)7-17-13-8-16-5-4-12(13)15/h2-6,8,17H,7H2,1H3. The fourth-order valence-electron chi connectivity index (χ4n) is 1.56. The van der Waals surface area contributed by atoms with E-state index in [0.717, 1.165) is 16.3 Å². The lowest BCUT2D eigenvalue weighted by Gasteiger charge is -2.10. The van der Waals surface area contributed by atoms with E-state index in [9.17, 15) is 0 Å². The van der Waals surface area contributed by atoms with Gasteiger partial charge in [0.15, 0.2) is 0 Å². The fourth-order valence-corrected chi connectivity index (χ4v) is 1.95. The first-order valence-corrected chi connectivity index (χ1v) is 6.01. The molecule has 0 saturated carbocycles. The minimum Gasteiger partial charge on any atom is -0.379 e. The van der Waals surface area contributed by atoms with E-state index >= 15 is 0 Å². The van der Waals surface area contributed by atoms with Crippen LogP contribution in [-0.2, 0) is 6.54 Å². The lowest BCUT2D eigenvalue weighted by Crippen LogP contribution is -2.02. The van der Waals surface area contributed by atoms with Gasteiger partial charge in [-0.1, -0.05) is 29.3 Å². The Balaban J connectivity index is 2.10. The Morgan fingerprint density at radius 1 is 1.24 bits per heavy atom. The maximum absolute atomic E-state index is 6.03. The van der Waals surface area contributed by atoms with Gasteiger partial charge >= 0.3 is 0 Å². The molecule has 2 nitrogen and oxygen atoms in total. The molecular weight excluding hydrogens is 255 g/mol. The van der Waals surface area contributed by atoms with E-state index in [1.807, 2.05) is 25.1 Å². The number of nitrogens with one attached hydrogen (secondary N) is 1.